The highest BCUT2D eigenvalue weighted by Crippen LogP contribution is 2.19. The number of fused-ring (bicyclic) bond motifs is 1. The molecule has 0 aliphatic heterocycles. The quantitative estimate of drug-likeness (QED) is 0.469. The van der Waals surface area contributed by atoms with Crippen molar-refractivity contribution in [3.05, 3.63) is 59.8 Å². The lowest BCUT2D eigenvalue weighted by Crippen LogP contribution is -2.34. The Morgan fingerprint density at radius 2 is 2.00 bits per heavy atom. The third-order valence-electron chi connectivity index (χ3n) is 2.78. The van der Waals surface area contributed by atoms with Crippen LogP contribution >= 0.6 is 0 Å². The van der Waals surface area contributed by atoms with E-state index in [1.54, 1.807) is 19.3 Å². The predicted octanol–water partition coefficient (Wildman–Crippen LogP) is 1.94. The number of imidazole rings is 1. The van der Waals surface area contributed by atoms with Gasteiger partial charge in [0.1, 0.15) is 0 Å². The van der Waals surface area contributed by atoms with Crippen LogP contribution in [0.1, 0.15) is 5.69 Å². The van der Waals surface area contributed by atoms with E-state index in [1.807, 2.05) is 40.9 Å². The Balaban J connectivity index is 2.42. The van der Waals surface area contributed by atoms with Gasteiger partial charge in [0.15, 0.2) is 0 Å². The summed E-state index contributed by atoms with van der Waals surface area (Å²) < 4.78 is 2.80. The summed E-state index contributed by atoms with van der Waals surface area (Å²) in [6.07, 6.45) is 5.32. The van der Waals surface area contributed by atoms with Crippen LogP contribution in [0.2, 0.25) is 0 Å². The topological polar surface area (TPSA) is 44.2 Å². The van der Waals surface area contributed by atoms with Crippen LogP contribution < -0.4 is 4.73 Å². The van der Waals surface area contributed by atoms with Crippen molar-refractivity contribution in [2.24, 2.45) is 0 Å². The lowest BCUT2D eigenvalue weighted by atomic mass is 10.1. The molecule has 0 aliphatic rings. The highest BCUT2D eigenvalue weighted by Gasteiger charge is 2.17. The van der Waals surface area contributed by atoms with Crippen LogP contribution in [0.4, 0.5) is 0 Å². The van der Waals surface area contributed by atoms with Crippen molar-refractivity contribution in [1.29, 1.82) is 0 Å². The van der Waals surface area contributed by atoms with Crippen LogP contribution in [0, 0.1) is 12.1 Å². The average molecular weight is 225 g/mol. The number of rotatable bonds is 1. The van der Waals surface area contributed by atoms with E-state index in [9.17, 15) is 5.21 Å². The van der Waals surface area contributed by atoms with Crippen molar-refractivity contribution < 1.29 is 4.73 Å². The second-order valence-corrected chi connectivity index (χ2v) is 3.94. The first-order chi connectivity index (χ1) is 8.27. The maximum atomic E-state index is 12.1. The molecule has 2 heterocycles. The molecule has 0 saturated heterocycles. The van der Waals surface area contributed by atoms with E-state index in [0.717, 1.165) is 10.3 Å². The number of aromatic nitrogens is 3. The maximum absolute atomic E-state index is 12.1. The molecule has 2 aromatic heterocycles. The van der Waals surface area contributed by atoms with Gasteiger partial charge in [-0.2, -0.15) is 4.73 Å². The van der Waals surface area contributed by atoms with Gasteiger partial charge in [0, 0.05) is 19.3 Å². The van der Waals surface area contributed by atoms with Gasteiger partial charge in [-0.25, -0.2) is 4.98 Å². The standard InChI is InChI=1S/C13H11N3O/c1-10-9-15-8-7-14-13(15)12(16(10)17)11-5-3-2-4-6-11/h2-9H,1H3. The van der Waals surface area contributed by atoms with E-state index in [2.05, 4.69) is 4.98 Å². The summed E-state index contributed by atoms with van der Waals surface area (Å²) in [5, 5.41) is 12.1. The number of nitrogens with zero attached hydrogens (tertiary/aromatic N) is 3. The molecule has 0 amide bonds. The SMILES string of the molecule is Cc1cn2ccnc2c(-c2ccccc2)[n+]1[O-]. The molecule has 4 heteroatoms. The Labute approximate surface area is 98.4 Å². The Kier molecular flexibility index (Phi) is 2.08. The zero-order valence-electron chi connectivity index (χ0n) is 9.37. The first-order valence-corrected chi connectivity index (χ1v) is 5.38. The second-order valence-electron chi connectivity index (χ2n) is 3.94. The zero-order chi connectivity index (χ0) is 11.8. The van der Waals surface area contributed by atoms with Crippen molar-refractivity contribution in [3.8, 4) is 11.3 Å². The van der Waals surface area contributed by atoms with E-state index in [1.165, 1.54) is 0 Å². The molecule has 84 valence electrons. The van der Waals surface area contributed by atoms with E-state index in [4.69, 9.17) is 0 Å². The van der Waals surface area contributed by atoms with E-state index in [-0.39, 0.29) is 0 Å². The molecule has 0 saturated carbocycles. The van der Waals surface area contributed by atoms with Gasteiger partial charge < -0.3 is 5.21 Å². The van der Waals surface area contributed by atoms with Crippen LogP contribution in [0.3, 0.4) is 0 Å². The van der Waals surface area contributed by atoms with Crippen molar-refractivity contribution in [3.63, 3.8) is 0 Å². The molecular formula is C13H11N3O. The van der Waals surface area contributed by atoms with Gasteiger partial charge in [-0.05, 0) is 12.1 Å². The fraction of sp³-hybridized carbons (Fsp3) is 0.0769. The zero-order valence-corrected chi connectivity index (χ0v) is 9.37. The van der Waals surface area contributed by atoms with Gasteiger partial charge in [-0.3, -0.25) is 4.40 Å². The molecule has 3 aromatic rings. The van der Waals surface area contributed by atoms with Crippen molar-refractivity contribution >= 4 is 5.65 Å². The van der Waals surface area contributed by atoms with Crippen LogP contribution in [-0.4, -0.2) is 9.38 Å². The van der Waals surface area contributed by atoms with Crippen LogP contribution in [-0.2, 0) is 0 Å². The molecule has 0 radical (unpaired) electrons. The molecule has 0 spiro atoms. The lowest BCUT2D eigenvalue weighted by molar-refractivity contribution is -0.600. The van der Waals surface area contributed by atoms with Gasteiger partial charge in [0.05, 0.1) is 11.8 Å². The highest BCUT2D eigenvalue weighted by atomic mass is 16.5. The lowest BCUT2D eigenvalue weighted by Gasteiger charge is -2.08. The third-order valence-corrected chi connectivity index (χ3v) is 2.78. The fourth-order valence-corrected chi connectivity index (χ4v) is 1.96. The van der Waals surface area contributed by atoms with Gasteiger partial charge in [0.25, 0.3) is 5.69 Å². The summed E-state index contributed by atoms with van der Waals surface area (Å²) in [4.78, 5) is 4.24. The molecule has 0 atom stereocenters. The summed E-state index contributed by atoms with van der Waals surface area (Å²) in [7, 11) is 0. The molecule has 1 aromatic carbocycles. The van der Waals surface area contributed by atoms with Crippen LogP contribution in [0.5, 0.6) is 0 Å². The first kappa shape index (κ1) is 9.84. The van der Waals surface area contributed by atoms with Gasteiger partial charge in [-0.1, -0.05) is 18.2 Å². The van der Waals surface area contributed by atoms with Crippen LogP contribution in [0.25, 0.3) is 16.9 Å². The number of hydrogen-bond acceptors (Lipinski definition) is 2. The van der Waals surface area contributed by atoms with Gasteiger partial charge in [0.2, 0.25) is 11.3 Å². The Hall–Kier alpha value is -2.36. The summed E-state index contributed by atoms with van der Waals surface area (Å²) >= 11 is 0. The Morgan fingerprint density at radius 1 is 1.24 bits per heavy atom. The summed E-state index contributed by atoms with van der Waals surface area (Å²) in [6.45, 7) is 1.79. The molecule has 0 N–H and O–H groups in total. The van der Waals surface area contributed by atoms with Gasteiger partial charge >= 0.3 is 0 Å². The summed E-state index contributed by atoms with van der Waals surface area (Å²) in [6, 6.07) is 9.58. The average Bonchev–Trinajstić information content (AvgIpc) is 2.79. The van der Waals surface area contributed by atoms with Crippen molar-refractivity contribution in [2.45, 2.75) is 6.92 Å². The minimum absolute atomic E-state index is 0.593. The van der Waals surface area contributed by atoms with E-state index >= 15 is 0 Å². The van der Waals surface area contributed by atoms with Crippen molar-refractivity contribution in [1.82, 2.24) is 9.38 Å². The normalized spacial score (nSPS) is 10.9. The molecule has 17 heavy (non-hydrogen) atoms. The van der Waals surface area contributed by atoms with Crippen molar-refractivity contribution in [2.75, 3.05) is 0 Å². The summed E-state index contributed by atoms with van der Waals surface area (Å²) in [5.41, 5.74) is 2.80. The highest BCUT2D eigenvalue weighted by molar-refractivity contribution is 5.70. The molecular weight excluding hydrogens is 214 g/mol. The molecule has 3 rings (SSSR count). The third kappa shape index (κ3) is 1.45. The maximum Gasteiger partial charge on any atom is 0.267 e. The summed E-state index contributed by atoms with van der Waals surface area (Å²) in [5.74, 6) is 0. The Morgan fingerprint density at radius 3 is 2.76 bits per heavy atom. The predicted molar refractivity (Wildman–Crippen MR) is 64.3 cm³/mol. The fourth-order valence-electron chi connectivity index (χ4n) is 1.96. The largest absolute Gasteiger partial charge is 0.618 e. The number of benzene rings is 1. The van der Waals surface area contributed by atoms with Crippen LogP contribution in [0.15, 0.2) is 48.9 Å². The first-order valence-electron chi connectivity index (χ1n) is 5.38. The number of aryl methyl sites for hydroxylation is 1. The monoisotopic (exact) mass is 225 g/mol. The second kappa shape index (κ2) is 3.59. The van der Waals surface area contributed by atoms with E-state index < -0.39 is 0 Å². The van der Waals surface area contributed by atoms with Gasteiger partial charge in [-0.15, -0.1) is 0 Å². The smallest absolute Gasteiger partial charge is 0.267 e. The molecule has 0 unspecified atom stereocenters. The molecule has 4 nitrogen and oxygen atoms in total. The Bertz CT molecular complexity index is 674. The minimum atomic E-state index is 0.593. The molecule has 0 bridgehead atoms. The minimum Gasteiger partial charge on any atom is -0.618 e. The number of hydrogen-bond donors (Lipinski definition) is 0. The molecule has 0 aliphatic carbocycles. The molecule has 0 fully saturated rings. The van der Waals surface area contributed by atoms with E-state index in [0.29, 0.717) is 17.0 Å².